The minimum absolute atomic E-state index is 0.358. The molecule has 0 spiro atoms. The second-order valence-electron chi connectivity index (χ2n) is 2.90. The van der Waals surface area contributed by atoms with Crippen molar-refractivity contribution in [2.45, 2.75) is 13.8 Å². The predicted molar refractivity (Wildman–Crippen MR) is 64.1 cm³/mol. The first kappa shape index (κ1) is 11.4. The molecule has 0 aliphatic rings. The van der Waals surface area contributed by atoms with Crippen molar-refractivity contribution in [2.75, 3.05) is 12.0 Å². The molecule has 4 heteroatoms. The fourth-order valence-electron chi connectivity index (χ4n) is 1.27. The number of aromatic nitrogens is 2. The summed E-state index contributed by atoms with van der Waals surface area (Å²) in [6.45, 7) is 4.27. The molecular weight excluding hydrogens is 188 g/mol. The Bertz CT molecular complexity index is 369. The lowest BCUT2D eigenvalue weighted by atomic mass is 10.2. The number of hydrogen-bond acceptors (Lipinski definition) is 4. The average molecular weight is 204 g/mol. The zero-order chi connectivity index (χ0) is 11.1. The summed E-state index contributed by atoms with van der Waals surface area (Å²) < 4.78 is 0. The lowest BCUT2D eigenvalue weighted by Crippen LogP contribution is -2.13. The highest BCUT2D eigenvalue weighted by Crippen LogP contribution is 2.18. The summed E-state index contributed by atoms with van der Waals surface area (Å²) in [4.78, 5) is 8.34. The van der Waals surface area contributed by atoms with Gasteiger partial charge < -0.3 is 11.1 Å². The maximum Gasteiger partial charge on any atom is 0.138 e. The molecule has 0 saturated heterocycles. The van der Waals surface area contributed by atoms with E-state index in [0.29, 0.717) is 6.67 Å². The van der Waals surface area contributed by atoms with Crippen LogP contribution in [-0.4, -0.2) is 16.6 Å². The van der Waals surface area contributed by atoms with Gasteiger partial charge in [-0.15, -0.1) is 0 Å². The van der Waals surface area contributed by atoms with E-state index in [-0.39, 0.29) is 0 Å². The molecule has 1 aromatic heterocycles. The SMILES string of the molecule is C/C=C/c1ncnc(NCN)c1/C=C/C. The van der Waals surface area contributed by atoms with Crippen LogP contribution in [0.5, 0.6) is 0 Å². The van der Waals surface area contributed by atoms with Crippen LogP contribution in [0, 0.1) is 0 Å². The Kier molecular flexibility index (Phi) is 4.50. The Balaban J connectivity index is 3.21. The largest absolute Gasteiger partial charge is 0.357 e. The molecule has 0 aliphatic carbocycles. The topological polar surface area (TPSA) is 63.8 Å². The monoisotopic (exact) mass is 204 g/mol. The molecule has 0 saturated carbocycles. The normalized spacial score (nSPS) is 11.4. The molecule has 0 aromatic carbocycles. The summed E-state index contributed by atoms with van der Waals surface area (Å²) in [5.74, 6) is 0.763. The van der Waals surface area contributed by atoms with E-state index >= 15 is 0 Å². The minimum atomic E-state index is 0.358. The maximum atomic E-state index is 5.44. The fraction of sp³-hybridized carbons (Fsp3) is 0.273. The van der Waals surface area contributed by atoms with E-state index < -0.39 is 0 Å². The molecule has 0 atom stereocenters. The van der Waals surface area contributed by atoms with Crippen LogP contribution in [0.1, 0.15) is 25.1 Å². The van der Waals surface area contributed by atoms with Gasteiger partial charge in [-0.25, -0.2) is 9.97 Å². The summed E-state index contributed by atoms with van der Waals surface area (Å²) in [6, 6.07) is 0. The van der Waals surface area contributed by atoms with Crippen LogP contribution >= 0.6 is 0 Å². The predicted octanol–water partition coefficient (Wildman–Crippen LogP) is 1.87. The molecule has 15 heavy (non-hydrogen) atoms. The van der Waals surface area contributed by atoms with Gasteiger partial charge in [0.25, 0.3) is 0 Å². The minimum Gasteiger partial charge on any atom is -0.357 e. The first-order valence-corrected chi connectivity index (χ1v) is 4.87. The second kappa shape index (κ2) is 5.93. The number of nitrogens with one attached hydrogen (secondary N) is 1. The molecule has 0 fully saturated rings. The van der Waals surface area contributed by atoms with Gasteiger partial charge in [-0.05, 0) is 19.9 Å². The molecule has 1 aromatic rings. The first-order valence-electron chi connectivity index (χ1n) is 4.87. The Morgan fingerprint density at radius 1 is 1.27 bits per heavy atom. The molecule has 0 bridgehead atoms. The van der Waals surface area contributed by atoms with Crippen molar-refractivity contribution in [3.8, 4) is 0 Å². The van der Waals surface area contributed by atoms with Gasteiger partial charge in [0.05, 0.1) is 12.4 Å². The standard InChI is InChI=1S/C11H16N4/c1-3-5-9-10(6-4-2)14-8-15-11(9)13-7-12/h3-6,8H,7,12H2,1-2H3,(H,13,14,15)/b5-3+,6-4+. The third-order valence-corrected chi connectivity index (χ3v) is 1.84. The molecule has 80 valence electrons. The highest BCUT2D eigenvalue weighted by molar-refractivity contribution is 5.71. The number of hydrogen-bond donors (Lipinski definition) is 2. The van der Waals surface area contributed by atoms with Crippen molar-refractivity contribution in [1.29, 1.82) is 0 Å². The van der Waals surface area contributed by atoms with Crippen LogP contribution in [-0.2, 0) is 0 Å². The van der Waals surface area contributed by atoms with Crippen molar-refractivity contribution < 1.29 is 0 Å². The molecular formula is C11H16N4. The van der Waals surface area contributed by atoms with Gasteiger partial charge in [-0.2, -0.15) is 0 Å². The summed E-state index contributed by atoms with van der Waals surface area (Å²) in [7, 11) is 0. The van der Waals surface area contributed by atoms with Crippen LogP contribution < -0.4 is 11.1 Å². The van der Waals surface area contributed by atoms with E-state index in [2.05, 4.69) is 15.3 Å². The Morgan fingerprint density at radius 3 is 2.60 bits per heavy atom. The maximum absolute atomic E-state index is 5.44. The van der Waals surface area contributed by atoms with Crippen molar-refractivity contribution in [3.05, 3.63) is 29.7 Å². The lowest BCUT2D eigenvalue weighted by Gasteiger charge is -2.07. The van der Waals surface area contributed by atoms with Crippen LogP contribution in [0.3, 0.4) is 0 Å². The molecule has 3 N–H and O–H groups in total. The lowest BCUT2D eigenvalue weighted by molar-refractivity contribution is 1.07. The van der Waals surface area contributed by atoms with Gasteiger partial charge in [-0.1, -0.05) is 18.2 Å². The zero-order valence-electron chi connectivity index (χ0n) is 9.07. The molecule has 1 rings (SSSR count). The highest BCUT2D eigenvalue weighted by atomic mass is 15.1. The van der Waals surface area contributed by atoms with E-state index in [1.807, 2.05) is 38.2 Å². The Labute approximate surface area is 89.9 Å². The third-order valence-electron chi connectivity index (χ3n) is 1.84. The highest BCUT2D eigenvalue weighted by Gasteiger charge is 2.04. The Morgan fingerprint density at radius 2 is 2.00 bits per heavy atom. The fourth-order valence-corrected chi connectivity index (χ4v) is 1.27. The summed E-state index contributed by atoms with van der Waals surface area (Å²) >= 11 is 0. The number of anilines is 1. The van der Waals surface area contributed by atoms with Gasteiger partial charge in [0.15, 0.2) is 0 Å². The smallest absolute Gasteiger partial charge is 0.138 e. The van der Waals surface area contributed by atoms with Crippen molar-refractivity contribution in [1.82, 2.24) is 9.97 Å². The summed E-state index contributed by atoms with van der Waals surface area (Å²) in [5, 5.41) is 3.00. The van der Waals surface area contributed by atoms with Gasteiger partial charge in [-0.3, -0.25) is 0 Å². The number of rotatable bonds is 4. The van der Waals surface area contributed by atoms with E-state index in [4.69, 9.17) is 5.73 Å². The van der Waals surface area contributed by atoms with Crippen LogP contribution in [0.4, 0.5) is 5.82 Å². The van der Waals surface area contributed by atoms with Crippen molar-refractivity contribution >= 4 is 18.0 Å². The quantitative estimate of drug-likeness (QED) is 0.735. The van der Waals surface area contributed by atoms with Crippen molar-refractivity contribution in [3.63, 3.8) is 0 Å². The molecule has 4 nitrogen and oxygen atoms in total. The number of allylic oxidation sites excluding steroid dienone is 2. The van der Waals surface area contributed by atoms with Gasteiger partial charge >= 0.3 is 0 Å². The molecule has 0 aliphatic heterocycles. The third kappa shape index (κ3) is 2.89. The molecule has 1 heterocycles. The Hall–Kier alpha value is -1.68. The van der Waals surface area contributed by atoms with E-state index in [1.54, 1.807) is 0 Å². The van der Waals surface area contributed by atoms with E-state index in [1.165, 1.54) is 6.33 Å². The molecule has 0 unspecified atom stereocenters. The van der Waals surface area contributed by atoms with Gasteiger partial charge in [0.1, 0.15) is 12.1 Å². The van der Waals surface area contributed by atoms with Crippen LogP contribution in [0.15, 0.2) is 18.5 Å². The molecule has 0 radical (unpaired) electrons. The van der Waals surface area contributed by atoms with Gasteiger partial charge in [0.2, 0.25) is 0 Å². The van der Waals surface area contributed by atoms with Crippen molar-refractivity contribution in [2.24, 2.45) is 5.73 Å². The van der Waals surface area contributed by atoms with Crippen LogP contribution in [0.25, 0.3) is 12.2 Å². The zero-order valence-corrected chi connectivity index (χ0v) is 9.07. The second-order valence-corrected chi connectivity index (χ2v) is 2.90. The summed E-state index contributed by atoms with van der Waals surface area (Å²) in [6.07, 6.45) is 9.33. The molecule has 0 amide bonds. The first-order chi connectivity index (χ1) is 7.33. The van der Waals surface area contributed by atoms with E-state index in [0.717, 1.165) is 17.1 Å². The van der Waals surface area contributed by atoms with Gasteiger partial charge in [0, 0.05) is 5.56 Å². The van der Waals surface area contributed by atoms with Crippen LogP contribution in [0.2, 0.25) is 0 Å². The summed E-state index contributed by atoms with van der Waals surface area (Å²) in [5.41, 5.74) is 7.29. The number of nitrogens with two attached hydrogens (primary N) is 1. The number of nitrogens with zero attached hydrogens (tertiary/aromatic N) is 2. The average Bonchev–Trinajstić information content (AvgIpc) is 2.23. The van der Waals surface area contributed by atoms with E-state index in [9.17, 15) is 0 Å².